The Bertz CT molecular complexity index is 1250. The molecule has 2 N–H and O–H groups in total. The lowest BCUT2D eigenvalue weighted by molar-refractivity contribution is -0.111. The van der Waals surface area contributed by atoms with Crippen molar-refractivity contribution in [2.75, 3.05) is 32.6 Å². The number of carbonyl (C=O) groups is 2. The van der Waals surface area contributed by atoms with Gasteiger partial charge in [0.2, 0.25) is 5.91 Å². The molecule has 0 bridgehead atoms. The lowest BCUT2D eigenvalue weighted by atomic mass is 10.0. The molecule has 176 valence electrons. The highest BCUT2D eigenvalue weighted by Crippen LogP contribution is 2.35. The molecule has 2 atom stereocenters. The third kappa shape index (κ3) is 4.92. The number of nitrogens with zero attached hydrogens (tertiary/aromatic N) is 2. The molecule has 3 aromatic rings. The van der Waals surface area contributed by atoms with E-state index in [1.54, 1.807) is 24.3 Å². The summed E-state index contributed by atoms with van der Waals surface area (Å²) in [6.45, 7) is 4.53. The molecule has 1 aliphatic heterocycles. The molecule has 2 aromatic carbocycles. The van der Waals surface area contributed by atoms with Gasteiger partial charge in [0.25, 0.3) is 5.91 Å². The van der Waals surface area contributed by atoms with Crippen LogP contribution in [0.4, 0.5) is 10.1 Å². The minimum Gasteiger partial charge on any atom is -0.495 e. The van der Waals surface area contributed by atoms with Gasteiger partial charge in [-0.05, 0) is 49.2 Å². The molecule has 1 aliphatic rings. The first kappa shape index (κ1) is 23.4. The van der Waals surface area contributed by atoms with Crippen LogP contribution in [0.2, 0.25) is 0 Å². The normalized spacial score (nSPS) is 18.3. The predicted octanol–water partition coefficient (Wildman–Crippen LogP) is 3.81. The molecule has 1 fully saturated rings. The summed E-state index contributed by atoms with van der Waals surface area (Å²) in [5.41, 5.74) is 2.08. The van der Waals surface area contributed by atoms with E-state index >= 15 is 0 Å². The Kier molecular flexibility index (Phi) is 6.88. The summed E-state index contributed by atoms with van der Waals surface area (Å²) in [4.78, 5) is 31.2. The summed E-state index contributed by atoms with van der Waals surface area (Å²) in [6, 6.07) is 14.0. The number of carbonyl (C=O) groups excluding carboxylic acids is 2. The second kappa shape index (κ2) is 10.0. The van der Waals surface area contributed by atoms with Gasteiger partial charge in [0.05, 0.1) is 24.5 Å². The van der Waals surface area contributed by atoms with E-state index in [2.05, 4.69) is 22.2 Å². The van der Waals surface area contributed by atoms with Gasteiger partial charge in [-0.1, -0.05) is 30.8 Å². The first-order chi connectivity index (χ1) is 16.4. The minimum atomic E-state index is -1.12. The standard InChI is InChI=1S/C26H27FN4O3/c1-4-24(32)30-25-18-14-17(9-8-16(18)10-11-23(25)34-3)20-6-5-7-22(28-20)26(33)29-21-12-13-31(2)15-19(21)27/h4-11,14,19,21H,1,12-13,15H2,2-3H3,(H,29,33)(H,30,32)/t19-,21+/m1/s1. The number of alkyl halides is 1. The number of hydrogen-bond acceptors (Lipinski definition) is 5. The lowest BCUT2D eigenvalue weighted by Gasteiger charge is -2.32. The Labute approximate surface area is 197 Å². The van der Waals surface area contributed by atoms with Crippen molar-refractivity contribution >= 4 is 28.3 Å². The zero-order chi connectivity index (χ0) is 24.2. The molecule has 0 saturated carbocycles. The summed E-state index contributed by atoms with van der Waals surface area (Å²) < 4.78 is 19.8. The summed E-state index contributed by atoms with van der Waals surface area (Å²) in [6.07, 6.45) is 0.623. The zero-order valence-corrected chi connectivity index (χ0v) is 19.2. The number of nitrogens with one attached hydrogen (secondary N) is 2. The van der Waals surface area contributed by atoms with Crippen LogP contribution in [-0.2, 0) is 4.79 Å². The average molecular weight is 463 g/mol. The smallest absolute Gasteiger partial charge is 0.270 e. The number of methoxy groups -OCH3 is 1. The first-order valence-electron chi connectivity index (χ1n) is 11.0. The number of anilines is 1. The maximum atomic E-state index is 14.4. The Morgan fingerprint density at radius 3 is 2.76 bits per heavy atom. The highest BCUT2D eigenvalue weighted by Gasteiger charge is 2.29. The van der Waals surface area contributed by atoms with Crippen molar-refractivity contribution in [1.82, 2.24) is 15.2 Å². The van der Waals surface area contributed by atoms with Crippen molar-refractivity contribution in [2.24, 2.45) is 0 Å². The summed E-state index contributed by atoms with van der Waals surface area (Å²) in [5.74, 6) is -0.242. The van der Waals surface area contributed by atoms with E-state index in [1.165, 1.54) is 13.2 Å². The van der Waals surface area contributed by atoms with Crippen LogP contribution < -0.4 is 15.4 Å². The number of ether oxygens (including phenoxy) is 1. The summed E-state index contributed by atoms with van der Waals surface area (Å²) in [5, 5.41) is 7.26. The maximum absolute atomic E-state index is 14.4. The first-order valence-corrected chi connectivity index (χ1v) is 11.0. The van der Waals surface area contributed by atoms with Crippen molar-refractivity contribution in [3.05, 3.63) is 66.9 Å². The molecule has 1 saturated heterocycles. The van der Waals surface area contributed by atoms with Gasteiger partial charge in [0, 0.05) is 24.0 Å². The summed E-state index contributed by atoms with van der Waals surface area (Å²) in [7, 11) is 3.40. The van der Waals surface area contributed by atoms with Crippen molar-refractivity contribution in [3.63, 3.8) is 0 Å². The lowest BCUT2D eigenvalue weighted by Crippen LogP contribution is -2.51. The monoisotopic (exact) mass is 462 g/mol. The predicted molar refractivity (Wildman–Crippen MR) is 131 cm³/mol. The van der Waals surface area contributed by atoms with Crippen LogP contribution in [0.25, 0.3) is 22.0 Å². The summed E-state index contributed by atoms with van der Waals surface area (Å²) >= 11 is 0. The van der Waals surface area contributed by atoms with E-state index in [-0.39, 0.29) is 11.6 Å². The number of likely N-dealkylation sites (tertiary alicyclic amines) is 1. The third-order valence-corrected chi connectivity index (χ3v) is 5.98. The van der Waals surface area contributed by atoms with Crippen molar-refractivity contribution < 1.29 is 18.7 Å². The van der Waals surface area contributed by atoms with Crippen molar-refractivity contribution in [2.45, 2.75) is 18.6 Å². The SMILES string of the molecule is C=CC(=O)Nc1c(OC)ccc2ccc(-c3cccc(C(=O)N[C@H]4CCN(C)C[C@H]4F)n3)cc12. The van der Waals surface area contributed by atoms with Crippen molar-refractivity contribution in [3.8, 4) is 17.0 Å². The molecule has 0 radical (unpaired) electrons. The fourth-order valence-electron chi connectivity index (χ4n) is 4.12. The van der Waals surface area contributed by atoms with E-state index in [4.69, 9.17) is 4.74 Å². The molecule has 0 spiro atoms. The molecule has 0 aliphatic carbocycles. The largest absolute Gasteiger partial charge is 0.495 e. The minimum absolute atomic E-state index is 0.217. The molecular formula is C26H27FN4O3. The number of pyridine rings is 1. The van der Waals surface area contributed by atoms with Crippen LogP contribution in [0.1, 0.15) is 16.9 Å². The molecule has 0 unspecified atom stereocenters. The highest BCUT2D eigenvalue weighted by molar-refractivity contribution is 6.08. The Morgan fingerprint density at radius 1 is 1.24 bits per heavy atom. The molecule has 7 nitrogen and oxygen atoms in total. The topological polar surface area (TPSA) is 83.6 Å². The van der Waals surface area contributed by atoms with E-state index in [1.807, 2.05) is 36.2 Å². The number of benzene rings is 2. The molecule has 2 heterocycles. The van der Waals surface area contributed by atoms with Gasteiger partial charge in [0.1, 0.15) is 17.6 Å². The zero-order valence-electron chi connectivity index (χ0n) is 19.2. The number of hydrogen-bond donors (Lipinski definition) is 2. The van der Waals surface area contributed by atoms with Crippen LogP contribution in [0.15, 0.2) is 61.2 Å². The quantitative estimate of drug-likeness (QED) is 0.545. The van der Waals surface area contributed by atoms with Gasteiger partial charge < -0.3 is 20.3 Å². The molecular weight excluding hydrogens is 435 g/mol. The number of halogens is 1. The highest BCUT2D eigenvalue weighted by atomic mass is 19.1. The van der Waals surface area contributed by atoms with Crippen LogP contribution in [0.3, 0.4) is 0 Å². The number of aromatic nitrogens is 1. The number of rotatable bonds is 6. The van der Waals surface area contributed by atoms with Crippen LogP contribution in [0.5, 0.6) is 5.75 Å². The Balaban J connectivity index is 1.65. The number of piperidine rings is 1. The second-order valence-corrected chi connectivity index (χ2v) is 8.33. The Morgan fingerprint density at radius 2 is 2.03 bits per heavy atom. The van der Waals surface area contributed by atoms with Crippen molar-refractivity contribution in [1.29, 1.82) is 0 Å². The van der Waals surface area contributed by atoms with E-state index in [0.717, 1.165) is 22.9 Å². The second-order valence-electron chi connectivity index (χ2n) is 8.33. The fraction of sp³-hybridized carbons (Fsp3) is 0.269. The number of fused-ring (bicyclic) bond motifs is 1. The molecule has 34 heavy (non-hydrogen) atoms. The number of amides is 2. The molecule has 8 heteroatoms. The van der Waals surface area contributed by atoms with Crippen LogP contribution in [-0.4, -0.2) is 61.2 Å². The van der Waals surface area contributed by atoms with Gasteiger partial charge in [-0.2, -0.15) is 0 Å². The maximum Gasteiger partial charge on any atom is 0.270 e. The van der Waals surface area contributed by atoms with E-state index in [0.29, 0.717) is 30.1 Å². The molecule has 4 rings (SSSR count). The van der Waals surface area contributed by atoms with Gasteiger partial charge >= 0.3 is 0 Å². The van der Waals surface area contributed by atoms with Gasteiger partial charge in [0.15, 0.2) is 0 Å². The molecule has 1 aromatic heterocycles. The fourth-order valence-corrected chi connectivity index (χ4v) is 4.12. The van der Waals surface area contributed by atoms with Crippen LogP contribution in [0, 0.1) is 0 Å². The molecule has 2 amide bonds. The van der Waals surface area contributed by atoms with Gasteiger partial charge in [-0.3, -0.25) is 9.59 Å². The van der Waals surface area contributed by atoms with Gasteiger partial charge in [-0.25, -0.2) is 9.37 Å². The van der Waals surface area contributed by atoms with E-state index in [9.17, 15) is 14.0 Å². The van der Waals surface area contributed by atoms with Gasteiger partial charge in [-0.15, -0.1) is 0 Å². The third-order valence-electron chi connectivity index (χ3n) is 5.98. The average Bonchev–Trinajstić information content (AvgIpc) is 2.85. The Hall–Kier alpha value is -3.78. The van der Waals surface area contributed by atoms with E-state index < -0.39 is 18.1 Å². The van der Waals surface area contributed by atoms with Crippen LogP contribution >= 0.6 is 0 Å².